The van der Waals surface area contributed by atoms with Gasteiger partial charge in [-0.15, -0.1) is 0 Å². The van der Waals surface area contributed by atoms with Crippen LogP contribution in [0.3, 0.4) is 0 Å². The van der Waals surface area contributed by atoms with E-state index in [1.54, 1.807) is 29.3 Å². The zero-order valence-corrected chi connectivity index (χ0v) is 17.1. The Balaban J connectivity index is 1.44. The number of nitrogens with one attached hydrogen (secondary N) is 1. The van der Waals surface area contributed by atoms with Gasteiger partial charge < -0.3 is 14.8 Å². The summed E-state index contributed by atoms with van der Waals surface area (Å²) in [6.07, 6.45) is 6.38. The van der Waals surface area contributed by atoms with E-state index in [4.69, 9.17) is 11.6 Å². The molecule has 0 spiro atoms. The summed E-state index contributed by atoms with van der Waals surface area (Å²) in [5.41, 5.74) is 1.02. The molecule has 1 saturated heterocycles. The van der Waals surface area contributed by atoms with Gasteiger partial charge in [0.2, 0.25) is 5.91 Å². The van der Waals surface area contributed by atoms with Crippen LogP contribution in [-0.4, -0.2) is 57.3 Å². The summed E-state index contributed by atoms with van der Waals surface area (Å²) in [7, 11) is 0. The highest BCUT2D eigenvalue weighted by Crippen LogP contribution is 2.27. The number of benzene rings is 1. The SMILES string of the molecule is C[C@@H]1c2ncc(C(=O)Nc3ccccc3Cl)n2CCN1C(=O)/C=C/CN1CCC1. The van der Waals surface area contributed by atoms with Gasteiger partial charge >= 0.3 is 0 Å². The van der Waals surface area contributed by atoms with Crippen molar-refractivity contribution >= 4 is 29.1 Å². The third-order valence-corrected chi connectivity index (χ3v) is 5.83. The van der Waals surface area contributed by atoms with Crippen LogP contribution in [0.1, 0.15) is 35.7 Å². The second-order valence-corrected chi connectivity index (χ2v) is 7.76. The molecule has 1 aromatic heterocycles. The quantitative estimate of drug-likeness (QED) is 0.765. The maximum atomic E-state index is 12.7. The fraction of sp³-hybridized carbons (Fsp3) is 0.381. The van der Waals surface area contributed by atoms with E-state index >= 15 is 0 Å². The number of carbonyl (C=O) groups excluding carboxylic acids is 2. The molecule has 7 nitrogen and oxygen atoms in total. The van der Waals surface area contributed by atoms with Gasteiger partial charge in [0.05, 0.1) is 22.9 Å². The molecule has 2 aliphatic rings. The molecule has 29 heavy (non-hydrogen) atoms. The monoisotopic (exact) mass is 413 g/mol. The number of amides is 2. The van der Waals surface area contributed by atoms with Gasteiger partial charge in [-0.25, -0.2) is 4.98 Å². The highest BCUT2D eigenvalue weighted by Gasteiger charge is 2.31. The Morgan fingerprint density at radius 3 is 2.76 bits per heavy atom. The molecule has 4 rings (SSSR count). The van der Waals surface area contributed by atoms with Gasteiger partial charge in [0.25, 0.3) is 5.91 Å². The average molecular weight is 414 g/mol. The smallest absolute Gasteiger partial charge is 0.273 e. The predicted molar refractivity (Wildman–Crippen MR) is 112 cm³/mol. The summed E-state index contributed by atoms with van der Waals surface area (Å²) in [4.78, 5) is 33.9. The van der Waals surface area contributed by atoms with Crippen molar-refractivity contribution in [3.05, 3.63) is 59.2 Å². The van der Waals surface area contributed by atoms with Gasteiger partial charge in [0, 0.05) is 25.7 Å². The first-order valence-electron chi connectivity index (χ1n) is 9.85. The Morgan fingerprint density at radius 1 is 1.24 bits per heavy atom. The Kier molecular flexibility index (Phi) is 5.69. The Labute approximate surface area is 175 Å². The average Bonchev–Trinajstić information content (AvgIpc) is 3.11. The van der Waals surface area contributed by atoms with Crippen LogP contribution in [0.25, 0.3) is 0 Å². The molecule has 0 saturated carbocycles. The van der Waals surface area contributed by atoms with Gasteiger partial charge in [-0.1, -0.05) is 29.8 Å². The van der Waals surface area contributed by atoms with Crippen molar-refractivity contribution < 1.29 is 9.59 Å². The van der Waals surface area contributed by atoms with Gasteiger partial charge in [-0.3, -0.25) is 14.5 Å². The standard InChI is InChI=1S/C21H24ClN5O2/c1-15-20-23-14-18(21(29)24-17-7-3-2-6-16(17)22)27(20)13-12-26(15)19(28)8-4-9-25-10-5-11-25/h2-4,6-8,14-15H,5,9-13H2,1H3,(H,24,29)/b8-4+/t15-/m1/s1. The number of likely N-dealkylation sites (tertiary alicyclic amines) is 1. The lowest BCUT2D eigenvalue weighted by Crippen LogP contribution is -2.41. The molecular formula is C21H24ClN5O2. The lowest BCUT2D eigenvalue weighted by atomic mass is 10.2. The summed E-state index contributed by atoms with van der Waals surface area (Å²) in [6, 6.07) is 6.90. The highest BCUT2D eigenvalue weighted by atomic mass is 35.5. The van der Waals surface area contributed by atoms with Gasteiger partial charge in [0.1, 0.15) is 11.5 Å². The number of rotatable bonds is 5. The van der Waals surface area contributed by atoms with Crippen molar-refractivity contribution in [2.24, 2.45) is 0 Å². The first-order valence-corrected chi connectivity index (χ1v) is 10.2. The van der Waals surface area contributed by atoms with E-state index in [1.165, 1.54) is 6.42 Å². The lowest BCUT2D eigenvalue weighted by molar-refractivity contribution is -0.129. The van der Waals surface area contributed by atoms with Gasteiger partial charge in [0.15, 0.2) is 0 Å². The maximum Gasteiger partial charge on any atom is 0.273 e. The minimum absolute atomic E-state index is 0.0191. The Hall–Kier alpha value is -2.64. The third kappa shape index (κ3) is 4.06. The molecule has 0 bridgehead atoms. The topological polar surface area (TPSA) is 70.5 Å². The van der Waals surface area contributed by atoms with E-state index in [0.717, 1.165) is 19.6 Å². The number of nitrogens with zero attached hydrogens (tertiary/aromatic N) is 4. The van der Waals surface area contributed by atoms with Crippen molar-refractivity contribution in [1.82, 2.24) is 19.4 Å². The molecule has 1 aromatic carbocycles. The number of para-hydroxylation sites is 1. The fourth-order valence-electron chi connectivity index (χ4n) is 3.69. The molecule has 1 atom stereocenters. The summed E-state index contributed by atoms with van der Waals surface area (Å²) in [5, 5.41) is 3.31. The van der Waals surface area contributed by atoms with Gasteiger partial charge in [-0.2, -0.15) is 0 Å². The van der Waals surface area contributed by atoms with Crippen LogP contribution in [0.4, 0.5) is 5.69 Å². The second-order valence-electron chi connectivity index (χ2n) is 7.35. The van der Waals surface area contributed by atoms with Crippen LogP contribution >= 0.6 is 11.6 Å². The molecule has 2 aliphatic heterocycles. The van der Waals surface area contributed by atoms with Crippen LogP contribution in [-0.2, 0) is 11.3 Å². The number of anilines is 1. The first kappa shape index (κ1) is 19.7. The predicted octanol–water partition coefficient (Wildman–Crippen LogP) is 2.95. The molecule has 8 heteroatoms. The normalized spacial score (nSPS) is 19.1. The molecule has 1 N–H and O–H groups in total. The minimum Gasteiger partial charge on any atom is -0.327 e. The number of aromatic nitrogens is 2. The molecule has 0 aliphatic carbocycles. The summed E-state index contributed by atoms with van der Waals surface area (Å²) in [5.74, 6) is 0.428. The van der Waals surface area contributed by atoms with Crippen molar-refractivity contribution in [2.45, 2.75) is 25.9 Å². The fourth-order valence-corrected chi connectivity index (χ4v) is 3.88. The molecule has 2 amide bonds. The number of imidazole rings is 1. The maximum absolute atomic E-state index is 12.7. The third-order valence-electron chi connectivity index (χ3n) is 5.50. The van der Waals surface area contributed by atoms with Crippen LogP contribution < -0.4 is 5.32 Å². The molecule has 2 aromatic rings. The van der Waals surface area contributed by atoms with Crippen LogP contribution in [0.5, 0.6) is 0 Å². The van der Waals surface area contributed by atoms with Crippen LogP contribution in [0, 0.1) is 0 Å². The summed E-state index contributed by atoms with van der Waals surface area (Å²) < 4.78 is 1.88. The van der Waals surface area contributed by atoms with Crippen LogP contribution in [0.2, 0.25) is 5.02 Å². The summed E-state index contributed by atoms with van der Waals surface area (Å²) >= 11 is 6.13. The van der Waals surface area contributed by atoms with E-state index in [1.807, 2.05) is 29.7 Å². The molecule has 3 heterocycles. The molecular weight excluding hydrogens is 390 g/mol. The number of fused-ring (bicyclic) bond motifs is 1. The van der Waals surface area contributed by atoms with Crippen molar-refractivity contribution in [3.8, 4) is 0 Å². The van der Waals surface area contributed by atoms with Crippen molar-refractivity contribution in [3.63, 3.8) is 0 Å². The van der Waals surface area contributed by atoms with E-state index in [-0.39, 0.29) is 17.9 Å². The highest BCUT2D eigenvalue weighted by molar-refractivity contribution is 6.33. The number of carbonyl (C=O) groups is 2. The van der Waals surface area contributed by atoms with E-state index in [9.17, 15) is 9.59 Å². The number of hydrogen-bond donors (Lipinski definition) is 1. The van der Waals surface area contributed by atoms with Crippen molar-refractivity contribution in [2.75, 3.05) is 31.5 Å². The zero-order chi connectivity index (χ0) is 20.4. The minimum atomic E-state index is -0.265. The van der Waals surface area contributed by atoms with Crippen molar-refractivity contribution in [1.29, 1.82) is 0 Å². The molecule has 0 radical (unpaired) electrons. The second kappa shape index (κ2) is 8.39. The Bertz CT molecular complexity index is 950. The molecule has 1 fully saturated rings. The van der Waals surface area contributed by atoms with E-state index < -0.39 is 0 Å². The molecule has 0 unspecified atom stereocenters. The number of halogens is 1. The van der Waals surface area contributed by atoms with Crippen LogP contribution in [0.15, 0.2) is 42.6 Å². The Morgan fingerprint density at radius 2 is 2.03 bits per heavy atom. The largest absolute Gasteiger partial charge is 0.327 e. The summed E-state index contributed by atoms with van der Waals surface area (Å²) in [6.45, 7) is 6.02. The first-order chi connectivity index (χ1) is 14.0. The lowest BCUT2D eigenvalue weighted by Gasteiger charge is -2.34. The van der Waals surface area contributed by atoms with Gasteiger partial charge in [-0.05, 0) is 38.6 Å². The van der Waals surface area contributed by atoms with E-state index in [0.29, 0.717) is 35.3 Å². The molecule has 152 valence electrons. The number of hydrogen-bond acceptors (Lipinski definition) is 4. The van der Waals surface area contributed by atoms with E-state index in [2.05, 4.69) is 15.2 Å². The zero-order valence-electron chi connectivity index (χ0n) is 16.3.